The number of benzene rings is 2. The summed E-state index contributed by atoms with van der Waals surface area (Å²) in [7, 11) is 0. The van der Waals surface area contributed by atoms with E-state index in [0.717, 1.165) is 36.0 Å². The van der Waals surface area contributed by atoms with Crippen molar-refractivity contribution in [1.29, 1.82) is 0 Å². The van der Waals surface area contributed by atoms with Gasteiger partial charge in [-0.2, -0.15) is 0 Å². The Labute approximate surface area is 168 Å². The maximum absolute atomic E-state index is 13.0. The molecule has 0 spiro atoms. The van der Waals surface area contributed by atoms with Crippen LogP contribution in [0.2, 0.25) is 10.0 Å². The molecule has 6 heteroatoms. The van der Waals surface area contributed by atoms with Crippen LogP contribution in [0, 0.1) is 0 Å². The minimum absolute atomic E-state index is 0.0414. The number of nitrogens with zero attached hydrogens (tertiary/aromatic N) is 3. The van der Waals surface area contributed by atoms with Crippen LogP contribution >= 0.6 is 23.2 Å². The van der Waals surface area contributed by atoms with Crippen LogP contribution in [-0.4, -0.2) is 46.9 Å². The molecule has 2 heterocycles. The highest BCUT2D eigenvalue weighted by Crippen LogP contribution is 2.27. The van der Waals surface area contributed by atoms with E-state index in [0.29, 0.717) is 28.7 Å². The first-order valence-electron chi connectivity index (χ1n) is 8.91. The largest absolute Gasteiger partial charge is 0.336 e. The SMILES string of the molecule is O=C(c1cncc2ccccc12)N1CCN(Cc2cccc(Cl)c2Cl)CC1. The Morgan fingerprint density at radius 2 is 1.74 bits per heavy atom. The fourth-order valence-electron chi connectivity index (χ4n) is 3.48. The Morgan fingerprint density at radius 3 is 2.56 bits per heavy atom. The molecule has 4 nitrogen and oxygen atoms in total. The Kier molecular flexibility index (Phi) is 5.30. The number of aromatic nitrogens is 1. The molecule has 3 aromatic rings. The molecular weight excluding hydrogens is 381 g/mol. The summed E-state index contributed by atoms with van der Waals surface area (Å²) in [5.41, 5.74) is 1.68. The Balaban J connectivity index is 1.44. The summed E-state index contributed by atoms with van der Waals surface area (Å²) >= 11 is 12.4. The molecule has 27 heavy (non-hydrogen) atoms. The highest BCUT2D eigenvalue weighted by atomic mass is 35.5. The number of hydrogen-bond acceptors (Lipinski definition) is 3. The van der Waals surface area contributed by atoms with E-state index in [1.54, 1.807) is 18.5 Å². The van der Waals surface area contributed by atoms with E-state index in [4.69, 9.17) is 23.2 Å². The van der Waals surface area contributed by atoms with E-state index in [9.17, 15) is 4.79 Å². The lowest BCUT2D eigenvalue weighted by Gasteiger charge is -2.35. The van der Waals surface area contributed by atoms with Crippen LogP contribution in [0.5, 0.6) is 0 Å². The first-order valence-corrected chi connectivity index (χ1v) is 9.66. The summed E-state index contributed by atoms with van der Waals surface area (Å²) in [5.74, 6) is 0.0414. The lowest BCUT2D eigenvalue weighted by molar-refractivity contribution is 0.0630. The number of pyridine rings is 1. The number of carbonyl (C=O) groups excluding carboxylic acids is 1. The molecule has 0 unspecified atom stereocenters. The van der Waals surface area contributed by atoms with Crippen LogP contribution < -0.4 is 0 Å². The predicted octanol–water partition coefficient (Wildman–Crippen LogP) is 4.50. The second-order valence-corrected chi connectivity index (χ2v) is 7.47. The minimum Gasteiger partial charge on any atom is -0.336 e. The zero-order valence-electron chi connectivity index (χ0n) is 14.7. The van der Waals surface area contributed by atoms with E-state index in [-0.39, 0.29) is 5.91 Å². The summed E-state index contributed by atoms with van der Waals surface area (Å²) < 4.78 is 0. The number of carbonyl (C=O) groups is 1. The average Bonchev–Trinajstić information content (AvgIpc) is 2.71. The number of halogens is 2. The zero-order chi connectivity index (χ0) is 18.8. The topological polar surface area (TPSA) is 36.4 Å². The standard InChI is InChI=1S/C21H19Cl2N3O/c22-19-7-3-5-16(20(19)23)14-25-8-10-26(11-9-25)21(27)18-13-24-12-15-4-1-2-6-17(15)18/h1-7,12-13H,8-11,14H2. The Morgan fingerprint density at radius 1 is 0.963 bits per heavy atom. The zero-order valence-corrected chi connectivity index (χ0v) is 16.2. The molecule has 1 aliphatic heterocycles. The van der Waals surface area contributed by atoms with Crippen LogP contribution in [-0.2, 0) is 6.54 Å². The number of piperazine rings is 1. The molecule has 1 aromatic heterocycles. The third-order valence-electron chi connectivity index (χ3n) is 4.98. The van der Waals surface area contributed by atoms with Crippen molar-refractivity contribution < 1.29 is 4.79 Å². The van der Waals surface area contributed by atoms with E-state index >= 15 is 0 Å². The van der Waals surface area contributed by atoms with Crippen molar-refractivity contribution in [3.63, 3.8) is 0 Å². The summed E-state index contributed by atoms with van der Waals surface area (Å²) in [4.78, 5) is 21.4. The van der Waals surface area contributed by atoms with E-state index < -0.39 is 0 Å². The van der Waals surface area contributed by atoms with E-state index in [2.05, 4.69) is 9.88 Å². The van der Waals surface area contributed by atoms with Crippen LogP contribution in [0.4, 0.5) is 0 Å². The lowest BCUT2D eigenvalue weighted by Crippen LogP contribution is -2.48. The lowest BCUT2D eigenvalue weighted by atomic mass is 10.1. The van der Waals surface area contributed by atoms with Gasteiger partial charge in [0.05, 0.1) is 15.6 Å². The van der Waals surface area contributed by atoms with Gasteiger partial charge >= 0.3 is 0 Å². The van der Waals surface area contributed by atoms with Gasteiger partial charge in [0.1, 0.15) is 0 Å². The summed E-state index contributed by atoms with van der Waals surface area (Å²) in [6, 6.07) is 13.6. The van der Waals surface area contributed by atoms with Gasteiger partial charge in [0.15, 0.2) is 0 Å². The third kappa shape index (κ3) is 3.79. The van der Waals surface area contributed by atoms with Crippen molar-refractivity contribution in [2.45, 2.75) is 6.54 Å². The fourth-order valence-corrected chi connectivity index (χ4v) is 3.86. The monoisotopic (exact) mass is 399 g/mol. The van der Waals surface area contributed by atoms with Gasteiger partial charge < -0.3 is 4.90 Å². The summed E-state index contributed by atoms with van der Waals surface area (Å²) in [5, 5.41) is 3.12. The molecule has 1 amide bonds. The minimum atomic E-state index is 0.0414. The predicted molar refractivity (Wildman–Crippen MR) is 109 cm³/mol. The van der Waals surface area contributed by atoms with Crippen molar-refractivity contribution in [3.8, 4) is 0 Å². The second kappa shape index (κ2) is 7.85. The molecule has 0 saturated carbocycles. The number of hydrogen-bond donors (Lipinski definition) is 0. The maximum atomic E-state index is 13.0. The fraction of sp³-hybridized carbons (Fsp3) is 0.238. The molecule has 0 N–H and O–H groups in total. The number of rotatable bonds is 3. The number of amides is 1. The number of fused-ring (bicyclic) bond motifs is 1. The highest BCUT2D eigenvalue weighted by molar-refractivity contribution is 6.42. The third-order valence-corrected chi connectivity index (χ3v) is 5.84. The molecule has 0 aliphatic carbocycles. The van der Waals surface area contributed by atoms with Crippen molar-refractivity contribution >= 4 is 39.9 Å². The van der Waals surface area contributed by atoms with Crippen LogP contribution in [0.15, 0.2) is 54.9 Å². The molecule has 4 rings (SSSR count). The van der Waals surface area contributed by atoms with Crippen molar-refractivity contribution in [1.82, 2.24) is 14.8 Å². The quantitative estimate of drug-likeness (QED) is 0.650. The Bertz CT molecular complexity index is 979. The second-order valence-electron chi connectivity index (χ2n) is 6.69. The van der Waals surface area contributed by atoms with E-state index in [1.165, 1.54) is 0 Å². The molecule has 1 fully saturated rings. The normalized spacial score (nSPS) is 15.3. The molecule has 2 aromatic carbocycles. The van der Waals surface area contributed by atoms with Crippen LogP contribution in [0.25, 0.3) is 10.8 Å². The molecule has 138 valence electrons. The summed E-state index contributed by atoms with van der Waals surface area (Å²) in [6.07, 6.45) is 3.46. The van der Waals surface area contributed by atoms with Gasteiger partial charge in [0.25, 0.3) is 5.91 Å². The van der Waals surface area contributed by atoms with Gasteiger partial charge in [-0.25, -0.2) is 0 Å². The summed E-state index contributed by atoms with van der Waals surface area (Å²) in [6.45, 7) is 3.69. The molecule has 1 aliphatic rings. The van der Waals surface area contributed by atoms with Gasteiger partial charge in [0.2, 0.25) is 0 Å². The van der Waals surface area contributed by atoms with Gasteiger partial charge in [-0.05, 0) is 17.0 Å². The van der Waals surface area contributed by atoms with Crippen LogP contribution in [0.1, 0.15) is 15.9 Å². The van der Waals surface area contributed by atoms with Gasteiger partial charge in [0, 0.05) is 50.5 Å². The van der Waals surface area contributed by atoms with Crippen molar-refractivity contribution in [3.05, 3.63) is 76.0 Å². The highest BCUT2D eigenvalue weighted by Gasteiger charge is 2.24. The maximum Gasteiger partial charge on any atom is 0.256 e. The molecular formula is C21H19Cl2N3O. The van der Waals surface area contributed by atoms with E-state index in [1.807, 2.05) is 41.3 Å². The molecule has 0 atom stereocenters. The first kappa shape index (κ1) is 18.2. The Hall–Kier alpha value is -2.14. The van der Waals surface area contributed by atoms with Crippen molar-refractivity contribution in [2.75, 3.05) is 26.2 Å². The molecule has 0 bridgehead atoms. The molecule has 1 saturated heterocycles. The van der Waals surface area contributed by atoms with Crippen molar-refractivity contribution in [2.24, 2.45) is 0 Å². The van der Waals surface area contributed by atoms with Gasteiger partial charge in [-0.1, -0.05) is 59.6 Å². The first-order chi connectivity index (χ1) is 13.1. The van der Waals surface area contributed by atoms with Crippen LogP contribution in [0.3, 0.4) is 0 Å². The average molecular weight is 400 g/mol. The van der Waals surface area contributed by atoms with Gasteiger partial charge in [-0.3, -0.25) is 14.7 Å². The molecule has 0 radical (unpaired) electrons. The van der Waals surface area contributed by atoms with Gasteiger partial charge in [-0.15, -0.1) is 0 Å². The smallest absolute Gasteiger partial charge is 0.256 e.